The molecule has 0 aromatic heterocycles. The number of carbonyl (C=O) groups excluding carboxylic acids is 1. The van der Waals surface area contributed by atoms with Crippen molar-refractivity contribution in [1.29, 1.82) is 0 Å². The van der Waals surface area contributed by atoms with E-state index in [1.54, 1.807) is 0 Å². The van der Waals surface area contributed by atoms with Crippen molar-refractivity contribution in [2.75, 3.05) is 10.3 Å². The Morgan fingerprint density at radius 2 is 2.08 bits per heavy atom. The topological polar surface area (TPSA) is 43.1 Å². The van der Waals surface area contributed by atoms with Gasteiger partial charge in [0.25, 0.3) is 0 Å². The molecule has 0 saturated carbocycles. The average molecular weight is 296 g/mol. The first-order chi connectivity index (χ1) is 5.68. The summed E-state index contributed by atoms with van der Waals surface area (Å²) in [5.41, 5.74) is 5.38. The fourth-order valence-electron chi connectivity index (χ4n) is 1.03. The fourth-order valence-corrected chi connectivity index (χ4v) is 6.60. The van der Waals surface area contributed by atoms with E-state index in [2.05, 4.69) is 17.6 Å². The molecular weight excluding hydrogens is 277 g/mol. The van der Waals surface area contributed by atoms with Gasteiger partial charge < -0.3 is 0 Å². The second-order valence-electron chi connectivity index (χ2n) is 3.53. The third-order valence-corrected chi connectivity index (χ3v) is 14.9. The van der Waals surface area contributed by atoms with E-state index in [1.807, 2.05) is 0 Å². The summed E-state index contributed by atoms with van der Waals surface area (Å²) in [6, 6.07) is 0. The summed E-state index contributed by atoms with van der Waals surface area (Å²) in [6.45, 7) is 0.772. The van der Waals surface area contributed by atoms with Gasteiger partial charge in [-0.25, -0.2) is 0 Å². The Hall–Kier alpha value is 0.779. The molecule has 0 aliphatic heterocycles. The zero-order valence-electron chi connectivity index (χ0n) is 7.75. The van der Waals surface area contributed by atoms with Gasteiger partial charge in [-0.1, -0.05) is 0 Å². The van der Waals surface area contributed by atoms with E-state index in [1.165, 1.54) is 17.1 Å². The Labute approximate surface area is 84.6 Å². The van der Waals surface area contributed by atoms with E-state index < -0.39 is 18.4 Å². The molecular formula is C8H19NOSSn. The van der Waals surface area contributed by atoms with Gasteiger partial charge in [0.05, 0.1) is 0 Å². The van der Waals surface area contributed by atoms with Gasteiger partial charge in [-0.2, -0.15) is 0 Å². The fraction of sp³-hybridized carbons (Fsp3) is 0.875. The number of hydrogen-bond donors (Lipinski definition) is 2. The van der Waals surface area contributed by atoms with Gasteiger partial charge in [0.1, 0.15) is 0 Å². The van der Waals surface area contributed by atoms with Crippen LogP contribution in [0.3, 0.4) is 0 Å². The predicted octanol–water partition coefficient (Wildman–Crippen LogP) is 1.43. The van der Waals surface area contributed by atoms with Gasteiger partial charge in [-0.05, 0) is 0 Å². The van der Waals surface area contributed by atoms with Crippen molar-refractivity contribution in [2.24, 2.45) is 5.73 Å². The number of rotatable bonds is 7. The second kappa shape index (κ2) is 7.21. The molecule has 2 nitrogen and oxygen atoms in total. The molecule has 0 aromatic carbocycles. The molecule has 0 aliphatic carbocycles. The standard InChI is InChI=1S/C5H12N.CHO.CH3S.CH3.Sn/c1-2-3-4-5-6;2*1-2;;/h1-6H2;1H;2H,1H2;1H3;. The van der Waals surface area contributed by atoms with Crippen LogP contribution in [0.5, 0.6) is 0 Å². The van der Waals surface area contributed by atoms with Crippen LogP contribution in [0.25, 0.3) is 0 Å². The summed E-state index contributed by atoms with van der Waals surface area (Å²) in [7, 11) is 0. The van der Waals surface area contributed by atoms with Gasteiger partial charge in [-0.15, -0.1) is 0 Å². The van der Waals surface area contributed by atoms with Crippen LogP contribution in [0.15, 0.2) is 0 Å². The Kier molecular flexibility index (Phi) is 7.68. The molecule has 1 atom stereocenters. The van der Waals surface area contributed by atoms with Crippen molar-refractivity contribution >= 4 is 35.3 Å². The molecule has 0 bridgehead atoms. The molecule has 0 spiro atoms. The van der Waals surface area contributed by atoms with Crippen molar-refractivity contribution in [2.45, 2.75) is 28.6 Å². The minimum absolute atomic E-state index is 0.772. The minimum atomic E-state index is -2.31. The average Bonchev–Trinajstić information content (AvgIpc) is 2.12. The summed E-state index contributed by atoms with van der Waals surface area (Å²) in [5.74, 6) is 0. The zero-order chi connectivity index (χ0) is 9.45. The molecule has 0 aromatic rings. The molecule has 4 heteroatoms. The van der Waals surface area contributed by atoms with Crippen LogP contribution in [-0.4, -0.2) is 33.0 Å². The molecule has 0 heterocycles. The van der Waals surface area contributed by atoms with Gasteiger partial charge in [0.15, 0.2) is 0 Å². The van der Waals surface area contributed by atoms with Crippen molar-refractivity contribution in [3.63, 3.8) is 0 Å². The first kappa shape index (κ1) is 12.8. The van der Waals surface area contributed by atoms with Crippen LogP contribution in [0.4, 0.5) is 0 Å². The van der Waals surface area contributed by atoms with E-state index in [4.69, 9.17) is 5.73 Å². The Bertz CT molecular complexity index is 134. The zero-order valence-corrected chi connectivity index (χ0v) is 11.5. The van der Waals surface area contributed by atoms with Crippen LogP contribution in [0.2, 0.25) is 9.38 Å². The Morgan fingerprint density at radius 3 is 2.50 bits per heavy atom. The summed E-state index contributed by atoms with van der Waals surface area (Å²) >= 11 is 1.93. The SMILES string of the molecule is [CH3][Sn]([CH]=O)([CH2]S)[CH2]CCCCN. The monoisotopic (exact) mass is 297 g/mol. The third kappa shape index (κ3) is 5.43. The quantitative estimate of drug-likeness (QED) is 0.323. The maximum atomic E-state index is 10.7. The normalized spacial score (nSPS) is 15.6. The number of thiol groups is 1. The molecule has 0 saturated heterocycles. The summed E-state index contributed by atoms with van der Waals surface area (Å²) in [5, 5.41) is 0. The van der Waals surface area contributed by atoms with E-state index in [0.29, 0.717) is 0 Å². The van der Waals surface area contributed by atoms with E-state index >= 15 is 0 Å². The second-order valence-corrected chi connectivity index (χ2v) is 18.1. The number of carbonyl (C=O) groups is 1. The number of nitrogens with two attached hydrogens (primary N) is 1. The summed E-state index contributed by atoms with van der Waals surface area (Å²) in [4.78, 5) is 12.9. The molecule has 12 heavy (non-hydrogen) atoms. The van der Waals surface area contributed by atoms with E-state index in [9.17, 15) is 4.79 Å². The van der Waals surface area contributed by atoms with Crippen LogP contribution in [0.1, 0.15) is 19.3 Å². The number of unbranched alkanes of at least 4 members (excludes halogenated alkanes) is 2. The van der Waals surface area contributed by atoms with Crippen molar-refractivity contribution < 1.29 is 4.79 Å². The van der Waals surface area contributed by atoms with Gasteiger partial charge in [-0.3, -0.25) is 0 Å². The molecule has 0 aliphatic rings. The summed E-state index contributed by atoms with van der Waals surface area (Å²) < 4.78 is 3.21. The van der Waals surface area contributed by atoms with Crippen LogP contribution < -0.4 is 5.73 Å². The Morgan fingerprint density at radius 1 is 1.42 bits per heavy atom. The molecule has 0 radical (unpaired) electrons. The molecule has 0 fully saturated rings. The van der Waals surface area contributed by atoms with Crippen LogP contribution >= 0.6 is 12.6 Å². The molecule has 1 unspecified atom stereocenters. The number of hydrogen-bond acceptors (Lipinski definition) is 3. The third-order valence-electron chi connectivity index (χ3n) is 2.10. The molecule has 0 rings (SSSR count). The Balaban J connectivity index is 3.51. The first-order valence-electron chi connectivity index (χ1n) is 4.46. The van der Waals surface area contributed by atoms with Crippen molar-refractivity contribution in [3.05, 3.63) is 0 Å². The van der Waals surface area contributed by atoms with Gasteiger partial charge >= 0.3 is 84.8 Å². The van der Waals surface area contributed by atoms with Crippen molar-refractivity contribution in [3.8, 4) is 0 Å². The van der Waals surface area contributed by atoms with Crippen LogP contribution in [0, 0.1) is 0 Å². The van der Waals surface area contributed by atoms with E-state index in [0.717, 1.165) is 21.2 Å². The van der Waals surface area contributed by atoms with Crippen molar-refractivity contribution in [1.82, 2.24) is 0 Å². The molecule has 2 N–H and O–H groups in total. The first-order valence-corrected chi connectivity index (χ1v) is 13.6. The van der Waals surface area contributed by atoms with Gasteiger partial charge in [0.2, 0.25) is 0 Å². The van der Waals surface area contributed by atoms with Crippen LogP contribution in [-0.2, 0) is 4.79 Å². The van der Waals surface area contributed by atoms with E-state index in [-0.39, 0.29) is 0 Å². The molecule has 0 amide bonds. The molecule has 72 valence electrons. The maximum absolute atomic E-state index is 10.7. The van der Waals surface area contributed by atoms with Gasteiger partial charge in [0, 0.05) is 0 Å². The predicted molar refractivity (Wildman–Crippen MR) is 59.9 cm³/mol. The summed E-state index contributed by atoms with van der Waals surface area (Å²) in [6.07, 6.45) is 3.43.